The molecular weight excluding hydrogens is 264 g/mol. The van der Waals surface area contributed by atoms with E-state index >= 15 is 0 Å². The summed E-state index contributed by atoms with van der Waals surface area (Å²) < 4.78 is 5.38. The second-order valence-electron chi connectivity index (χ2n) is 5.28. The van der Waals surface area contributed by atoms with Gasteiger partial charge in [-0.1, -0.05) is 0 Å². The number of nitrogens with zero attached hydrogens (tertiary/aromatic N) is 1. The van der Waals surface area contributed by atoms with Crippen molar-refractivity contribution in [3.8, 4) is 0 Å². The fraction of sp³-hybridized carbons (Fsp3) is 0.769. The Hall–Kier alpha value is -1.63. The Morgan fingerprint density at radius 3 is 2.65 bits per heavy atom. The summed E-state index contributed by atoms with van der Waals surface area (Å²) in [5.74, 6) is -1.39. The molecule has 7 nitrogen and oxygen atoms in total. The zero-order valence-corrected chi connectivity index (χ0v) is 12.0. The van der Waals surface area contributed by atoms with Gasteiger partial charge in [-0.2, -0.15) is 0 Å². The third-order valence-corrected chi connectivity index (χ3v) is 3.48. The lowest BCUT2D eigenvalue weighted by molar-refractivity contribution is -0.137. The molecule has 20 heavy (non-hydrogen) atoms. The molecule has 1 fully saturated rings. The number of carbonyl (C=O) groups is 3. The van der Waals surface area contributed by atoms with Crippen LogP contribution in [0.15, 0.2) is 0 Å². The van der Waals surface area contributed by atoms with Crippen LogP contribution in [0.2, 0.25) is 0 Å². The monoisotopic (exact) mass is 286 g/mol. The molecule has 7 heteroatoms. The van der Waals surface area contributed by atoms with E-state index < -0.39 is 17.9 Å². The van der Waals surface area contributed by atoms with Crippen LogP contribution in [0.1, 0.15) is 39.0 Å². The van der Waals surface area contributed by atoms with E-state index in [4.69, 9.17) is 9.84 Å². The maximum Gasteiger partial charge on any atom is 0.324 e. The zero-order valence-electron chi connectivity index (χ0n) is 12.0. The van der Waals surface area contributed by atoms with Crippen LogP contribution in [0.25, 0.3) is 0 Å². The van der Waals surface area contributed by atoms with E-state index in [1.165, 1.54) is 0 Å². The van der Waals surface area contributed by atoms with Crippen molar-refractivity contribution in [1.82, 2.24) is 10.2 Å². The van der Waals surface area contributed by atoms with E-state index in [2.05, 4.69) is 5.32 Å². The number of nitrogens with one attached hydrogen (secondary N) is 1. The number of aliphatic carboxylic acids is 1. The highest BCUT2D eigenvalue weighted by atomic mass is 16.5. The zero-order chi connectivity index (χ0) is 15.2. The third kappa shape index (κ3) is 5.16. The molecule has 1 aliphatic heterocycles. The summed E-state index contributed by atoms with van der Waals surface area (Å²) in [7, 11) is 1.61. The first-order chi connectivity index (χ1) is 9.36. The van der Waals surface area contributed by atoms with Gasteiger partial charge >= 0.3 is 12.0 Å². The number of methoxy groups -OCH3 is 1. The van der Waals surface area contributed by atoms with Gasteiger partial charge in [0.1, 0.15) is 0 Å². The SMILES string of the molecule is COC1(C)CCCN(C(=O)NC(=O)CCCC(=O)O)C1. The van der Waals surface area contributed by atoms with E-state index in [1.54, 1.807) is 12.0 Å². The molecular formula is C13H22N2O5. The number of hydrogen-bond donors (Lipinski definition) is 2. The topological polar surface area (TPSA) is 95.9 Å². The Morgan fingerprint density at radius 1 is 1.35 bits per heavy atom. The number of carboxylic acids is 1. The highest BCUT2D eigenvalue weighted by Gasteiger charge is 2.33. The van der Waals surface area contributed by atoms with Crippen molar-refractivity contribution in [3.63, 3.8) is 0 Å². The molecule has 1 aliphatic rings. The summed E-state index contributed by atoms with van der Waals surface area (Å²) in [5, 5.41) is 10.8. The number of piperidine rings is 1. The number of amides is 3. The van der Waals surface area contributed by atoms with Gasteiger partial charge in [0.15, 0.2) is 0 Å². The van der Waals surface area contributed by atoms with Gasteiger partial charge in [-0.3, -0.25) is 14.9 Å². The maximum absolute atomic E-state index is 11.9. The summed E-state index contributed by atoms with van der Waals surface area (Å²) in [6.07, 6.45) is 1.88. The van der Waals surface area contributed by atoms with Crippen molar-refractivity contribution in [2.24, 2.45) is 0 Å². The molecule has 0 aromatic carbocycles. The molecule has 1 saturated heterocycles. The molecule has 0 spiro atoms. The normalized spacial score (nSPS) is 22.4. The summed E-state index contributed by atoms with van der Waals surface area (Å²) in [6, 6.07) is -0.437. The largest absolute Gasteiger partial charge is 0.481 e. The van der Waals surface area contributed by atoms with Gasteiger partial charge in [0.05, 0.1) is 12.1 Å². The fourth-order valence-corrected chi connectivity index (χ4v) is 2.21. The lowest BCUT2D eigenvalue weighted by atomic mass is 9.95. The van der Waals surface area contributed by atoms with Crippen LogP contribution >= 0.6 is 0 Å². The summed E-state index contributed by atoms with van der Waals surface area (Å²) in [6.45, 7) is 2.96. The second-order valence-corrected chi connectivity index (χ2v) is 5.28. The van der Waals surface area contributed by atoms with Gasteiger partial charge < -0.3 is 14.7 Å². The van der Waals surface area contributed by atoms with E-state index in [0.29, 0.717) is 13.1 Å². The molecule has 114 valence electrons. The minimum absolute atomic E-state index is 0.0351. The minimum Gasteiger partial charge on any atom is -0.481 e. The highest BCUT2D eigenvalue weighted by molar-refractivity contribution is 5.94. The van der Waals surface area contributed by atoms with Crippen LogP contribution < -0.4 is 5.32 Å². The molecule has 0 saturated carbocycles. The number of imide groups is 1. The van der Waals surface area contributed by atoms with Gasteiger partial charge in [-0.25, -0.2) is 4.79 Å². The second kappa shape index (κ2) is 7.23. The average Bonchev–Trinajstić information content (AvgIpc) is 2.38. The molecule has 1 rings (SSSR count). The predicted molar refractivity (Wildman–Crippen MR) is 71.2 cm³/mol. The van der Waals surface area contributed by atoms with Crippen molar-refractivity contribution >= 4 is 17.9 Å². The summed E-state index contributed by atoms with van der Waals surface area (Å²) in [4.78, 5) is 35.3. The van der Waals surface area contributed by atoms with E-state index in [0.717, 1.165) is 12.8 Å². The number of rotatable bonds is 5. The van der Waals surface area contributed by atoms with Gasteiger partial charge in [-0.05, 0) is 26.2 Å². The van der Waals surface area contributed by atoms with Crippen LogP contribution in [0.3, 0.4) is 0 Å². The van der Waals surface area contributed by atoms with Crippen molar-refractivity contribution in [1.29, 1.82) is 0 Å². The number of likely N-dealkylation sites (tertiary alicyclic amines) is 1. The van der Waals surface area contributed by atoms with Gasteiger partial charge in [0, 0.05) is 26.5 Å². The minimum atomic E-state index is -0.948. The molecule has 0 bridgehead atoms. The van der Waals surface area contributed by atoms with E-state index in [-0.39, 0.29) is 24.9 Å². The number of hydrogen-bond acceptors (Lipinski definition) is 4. The average molecular weight is 286 g/mol. The Labute approximate surface area is 118 Å². The molecule has 1 heterocycles. The first-order valence-electron chi connectivity index (χ1n) is 6.72. The van der Waals surface area contributed by atoms with Crippen molar-refractivity contribution in [2.45, 2.75) is 44.6 Å². The summed E-state index contributed by atoms with van der Waals surface area (Å²) >= 11 is 0. The number of carboxylic acid groups (broad SMARTS) is 1. The van der Waals surface area contributed by atoms with Gasteiger partial charge in [0.2, 0.25) is 5.91 Å². The molecule has 2 N–H and O–H groups in total. The molecule has 0 radical (unpaired) electrons. The molecule has 0 aromatic rings. The lowest BCUT2D eigenvalue weighted by Crippen LogP contribution is -2.53. The number of carbonyl (C=O) groups excluding carboxylic acids is 2. The Balaban J connectivity index is 2.38. The van der Waals surface area contributed by atoms with Crippen LogP contribution in [0, 0.1) is 0 Å². The summed E-state index contributed by atoms with van der Waals surface area (Å²) in [5.41, 5.74) is -0.373. The van der Waals surface area contributed by atoms with Crippen LogP contribution in [0.5, 0.6) is 0 Å². The van der Waals surface area contributed by atoms with E-state index in [9.17, 15) is 14.4 Å². The fourth-order valence-electron chi connectivity index (χ4n) is 2.21. The molecule has 1 atom stereocenters. The van der Waals surface area contributed by atoms with Crippen molar-refractivity contribution in [2.75, 3.05) is 20.2 Å². The Bertz CT molecular complexity index is 385. The first kappa shape index (κ1) is 16.4. The lowest BCUT2D eigenvalue weighted by Gasteiger charge is -2.39. The predicted octanol–water partition coefficient (Wildman–Crippen LogP) is 0.978. The van der Waals surface area contributed by atoms with E-state index in [1.807, 2.05) is 6.92 Å². The van der Waals surface area contributed by atoms with Crippen LogP contribution in [-0.2, 0) is 14.3 Å². The number of ether oxygens (including phenoxy) is 1. The molecule has 0 aliphatic carbocycles. The number of urea groups is 1. The first-order valence-corrected chi connectivity index (χ1v) is 6.72. The van der Waals surface area contributed by atoms with Crippen LogP contribution in [-0.4, -0.2) is 53.7 Å². The maximum atomic E-state index is 11.9. The van der Waals surface area contributed by atoms with Crippen molar-refractivity contribution in [3.05, 3.63) is 0 Å². The molecule has 3 amide bonds. The van der Waals surface area contributed by atoms with Crippen molar-refractivity contribution < 1.29 is 24.2 Å². The molecule has 0 aromatic heterocycles. The van der Waals surface area contributed by atoms with Crippen LogP contribution in [0.4, 0.5) is 4.79 Å². The highest BCUT2D eigenvalue weighted by Crippen LogP contribution is 2.23. The Kier molecular flexibility index (Phi) is 5.94. The quantitative estimate of drug-likeness (QED) is 0.785. The standard InChI is InChI=1S/C13H22N2O5/c1-13(20-2)7-4-8-15(9-13)12(19)14-10(16)5-3-6-11(17)18/h3-9H2,1-2H3,(H,17,18)(H,14,16,19). The molecule has 1 unspecified atom stereocenters. The third-order valence-electron chi connectivity index (χ3n) is 3.48. The Morgan fingerprint density at radius 2 is 2.05 bits per heavy atom. The smallest absolute Gasteiger partial charge is 0.324 e. The van der Waals surface area contributed by atoms with Gasteiger partial charge in [-0.15, -0.1) is 0 Å². The van der Waals surface area contributed by atoms with Gasteiger partial charge in [0.25, 0.3) is 0 Å².